The topological polar surface area (TPSA) is 70.1 Å². The van der Waals surface area contributed by atoms with Crippen LogP contribution in [0.2, 0.25) is 0 Å². The summed E-state index contributed by atoms with van der Waals surface area (Å²) in [6, 6.07) is 2.76. The smallest absolute Gasteiger partial charge is 0.340 e. The second-order valence-electron chi connectivity index (χ2n) is 3.32. The Bertz CT molecular complexity index is 580. The van der Waals surface area contributed by atoms with Crippen molar-refractivity contribution in [1.82, 2.24) is 9.78 Å². The van der Waals surface area contributed by atoms with Crippen LogP contribution in [-0.4, -0.2) is 22.9 Å². The number of methoxy groups -OCH3 is 1. The maximum atomic E-state index is 12.6. The van der Waals surface area contributed by atoms with Crippen molar-refractivity contribution in [2.45, 2.75) is 6.55 Å². The number of hydrogen-bond acceptors (Lipinski definition) is 4. The van der Waals surface area contributed by atoms with Crippen molar-refractivity contribution in [3.8, 4) is 0 Å². The average Bonchev–Trinajstić information content (AvgIpc) is 2.71. The Morgan fingerprint density at radius 3 is 2.82 bits per heavy atom. The maximum absolute atomic E-state index is 12.6. The third-order valence-corrected chi connectivity index (χ3v) is 2.39. The van der Waals surface area contributed by atoms with E-state index in [1.54, 1.807) is 0 Å². The van der Waals surface area contributed by atoms with Gasteiger partial charge < -0.3 is 10.5 Å². The molecule has 7 heteroatoms. The van der Waals surface area contributed by atoms with Gasteiger partial charge in [0.25, 0.3) is 0 Å². The van der Waals surface area contributed by atoms with E-state index in [9.17, 15) is 13.6 Å². The van der Waals surface area contributed by atoms with Gasteiger partial charge in [0.1, 0.15) is 0 Å². The summed E-state index contributed by atoms with van der Waals surface area (Å²) in [5.74, 6) is -0.679. The number of halogens is 2. The van der Waals surface area contributed by atoms with Gasteiger partial charge in [0.15, 0.2) is 0 Å². The lowest BCUT2D eigenvalue weighted by Crippen LogP contribution is -2.06. The lowest BCUT2D eigenvalue weighted by molar-refractivity contribution is 0.0597. The van der Waals surface area contributed by atoms with Crippen LogP contribution in [0.5, 0.6) is 0 Å². The predicted octanol–water partition coefficient (Wildman–Crippen LogP) is 1.80. The zero-order valence-corrected chi connectivity index (χ0v) is 8.85. The van der Waals surface area contributed by atoms with E-state index in [0.717, 1.165) is 0 Å². The molecule has 1 aromatic heterocycles. The quantitative estimate of drug-likeness (QED) is 0.642. The van der Waals surface area contributed by atoms with E-state index in [1.165, 1.54) is 25.4 Å². The Balaban J connectivity index is 2.75. The number of nitrogens with zero attached hydrogens (tertiary/aromatic N) is 2. The van der Waals surface area contributed by atoms with E-state index in [1.807, 2.05) is 0 Å². The van der Waals surface area contributed by atoms with Gasteiger partial charge in [0.2, 0.25) is 0 Å². The van der Waals surface area contributed by atoms with Gasteiger partial charge in [-0.1, -0.05) is 0 Å². The van der Waals surface area contributed by atoms with Crippen molar-refractivity contribution >= 4 is 22.6 Å². The van der Waals surface area contributed by atoms with E-state index < -0.39 is 12.5 Å². The van der Waals surface area contributed by atoms with Crippen LogP contribution >= 0.6 is 0 Å². The fraction of sp³-hybridized carbons (Fsp3) is 0.200. The summed E-state index contributed by atoms with van der Waals surface area (Å²) in [6.45, 7) is -2.78. The second-order valence-corrected chi connectivity index (χ2v) is 3.32. The summed E-state index contributed by atoms with van der Waals surface area (Å²) in [5, 5.41) is 3.76. The molecule has 0 amide bonds. The van der Waals surface area contributed by atoms with Crippen molar-refractivity contribution in [1.29, 1.82) is 0 Å². The Morgan fingerprint density at radius 2 is 2.24 bits per heavy atom. The SMILES string of the molecule is COC(=O)c1c(N)ccc2c1cnn2C(F)F. The number of fused-ring (bicyclic) bond motifs is 1. The average molecular weight is 241 g/mol. The normalized spacial score (nSPS) is 11.1. The van der Waals surface area contributed by atoms with Crippen molar-refractivity contribution in [2.24, 2.45) is 0 Å². The van der Waals surface area contributed by atoms with Crippen LogP contribution in [0.15, 0.2) is 18.3 Å². The van der Waals surface area contributed by atoms with Crippen LogP contribution in [0.1, 0.15) is 16.9 Å². The number of rotatable bonds is 2. The fourth-order valence-electron chi connectivity index (χ4n) is 1.62. The van der Waals surface area contributed by atoms with Gasteiger partial charge in [-0.3, -0.25) is 0 Å². The summed E-state index contributed by atoms with van der Waals surface area (Å²) < 4.78 is 30.3. The highest BCUT2D eigenvalue weighted by Gasteiger charge is 2.19. The maximum Gasteiger partial charge on any atom is 0.340 e. The first-order valence-corrected chi connectivity index (χ1v) is 4.68. The number of nitrogens with two attached hydrogens (primary N) is 1. The molecule has 90 valence electrons. The number of aromatic nitrogens is 2. The number of benzene rings is 1. The van der Waals surface area contributed by atoms with Crippen LogP contribution < -0.4 is 5.73 Å². The van der Waals surface area contributed by atoms with Crippen LogP contribution in [0.4, 0.5) is 14.5 Å². The zero-order chi connectivity index (χ0) is 12.6. The van der Waals surface area contributed by atoms with Crippen molar-refractivity contribution in [3.63, 3.8) is 0 Å². The minimum absolute atomic E-state index is 0.0527. The molecular weight excluding hydrogens is 232 g/mol. The highest BCUT2D eigenvalue weighted by molar-refractivity contribution is 6.08. The lowest BCUT2D eigenvalue weighted by atomic mass is 10.1. The van der Waals surface area contributed by atoms with Gasteiger partial charge in [-0.2, -0.15) is 13.9 Å². The minimum atomic E-state index is -2.78. The van der Waals surface area contributed by atoms with Gasteiger partial charge in [0.05, 0.1) is 24.4 Å². The zero-order valence-electron chi connectivity index (χ0n) is 8.85. The van der Waals surface area contributed by atoms with E-state index in [4.69, 9.17) is 5.73 Å². The number of carbonyl (C=O) groups excluding carboxylic acids is 1. The first-order chi connectivity index (χ1) is 8.06. The number of esters is 1. The number of ether oxygens (including phenoxy) is 1. The second kappa shape index (κ2) is 4.00. The molecule has 1 heterocycles. The highest BCUT2D eigenvalue weighted by atomic mass is 19.3. The van der Waals surface area contributed by atoms with E-state index in [-0.39, 0.29) is 22.2 Å². The number of anilines is 1. The van der Waals surface area contributed by atoms with Gasteiger partial charge in [-0.15, -0.1) is 0 Å². The number of alkyl halides is 2. The molecule has 0 unspecified atom stereocenters. The molecule has 0 saturated carbocycles. The van der Waals surface area contributed by atoms with E-state index >= 15 is 0 Å². The molecule has 0 spiro atoms. The van der Waals surface area contributed by atoms with Gasteiger partial charge in [-0.25, -0.2) is 9.48 Å². The van der Waals surface area contributed by atoms with Crippen LogP contribution in [0.3, 0.4) is 0 Å². The lowest BCUT2D eigenvalue weighted by Gasteiger charge is -2.06. The summed E-state index contributed by atoms with van der Waals surface area (Å²) in [6.07, 6.45) is 1.17. The van der Waals surface area contributed by atoms with Gasteiger partial charge in [-0.05, 0) is 12.1 Å². The summed E-state index contributed by atoms with van der Waals surface area (Å²) in [4.78, 5) is 11.5. The van der Waals surface area contributed by atoms with E-state index in [0.29, 0.717) is 4.68 Å². The molecule has 2 N–H and O–H groups in total. The summed E-state index contributed by atoms with van der Waals surface area (Å²) in [5.41, 5.74) is 5.97. The third kappa shape index (κ3) is 1.69. The highest BCUT2D eigenvalue weighted by Crippen LogP contribution is 2.27. The Morgan fingerprint density at radius 1 is 1.53 bits per heavy atom. The predicted molar refractivity (Wildman–Crippen MR) is 56.7 cm³/mol. The molecule has 0 atom stereocenters. The molecular formula is C10H9F2N3O2. The van der Waals surface area contributed by atoms with Crippen molar-refractivity contribution in [2.75, 3.05) is 12.8 Å². The summed E-state index contributed by atoms with van der Waals surface area (Å²) >= 11 is 0. The minimum Gasteiger partial charge on any atom is -0.465 e. The Hall–Kier alpha value is -2.18. The molecule has 1 aromatic carbocycles. The molecule has 5 nitrogen and oxygen atoms in total. The van der Waals surface area contributed by atoms with Crippen LogP contribution in [0.25, 0.3) is 10.9 Å². The van der Waals surface area contributed by atoms with Crippen molar-refractivity contribution < 1.29 is 18.3 Å². The van der Waals surface area contributed by atoms with Crippen LogP contribution in [0, 0.1) is 0 Å². The number of hydrogen-bond donors (Lipinski definition) is 1. The van der Waals surface area contributed by atoms with Crippen molar-refractivity contribution in [3.05, 3.63) is 23.9 Å². The Labute approximate surface area is 94.8 Å². The fourth-order valence-corrected chi connectivity index (χ4v) is 1.62. The molecule has 0 aliphatic rings. The molecule has 0 bridgehead atoms. The Kier molecular flexibility index (Phi) is 2.66. The molecule has 0 aliphatic carbocycles. The first-order valence-electron chi connectivity index (χ1n) is 4.68. The first kappa shape index (κ1) is 11.3. The monoisotopic (exact) mass is 241 g/mol. The standard InChI is InChI=1S/C10H9F2N3O2/c1-17-9(16)8-5-4-14-15(10(11)12)7(5)3-2-6(8)13/h2-4,10H,13H2,1H3. The third-order valence-electron chi connectivity index (χ3n) is 2.39. The van der Waals surface area contributed by atoms with Crippen LogP contribution in [-0.2, 0) is 4.74 Å². The molecule has 2 rings (SSSR count). The number of nitrogen functional groups attached to an aromatic ring is 1. The largest absolute Gasteiger partial charge is 0.465 e. The van der Waals surface area contributed by atoms with Gasteiger partial charge >= 0.3 is 12.5 Å². The van der Waals surface area contributed by atoms with E-state index in [2.05, 4.69) is 9.84 Å². The molecule has 0 saturated heterocycles. The summed E-state index contributed by atoms with van der Waals surface area (Å²) in [7, 11) is 1.19. The molecule has 0 fully saturated rings. The molecule has 0 radical (unpaired) electrons. The molecule has 2 aromatic rings. The number of carbonyl (C=O) groups is 1. The van der Waals surface area contributed by atoms with Gasteiger partial charge in [0, 0.05) is 11.1 Å². The molecule has 0 aliphatic heterocycles. The molecule has 17 heavy (non-hydrogen) atoms.